The highest BCUT2D eigenvalue weighted by atomic mass is 19.1. The lowest BCUT2D eigenvalue weighted by Crippen LogP contribution is -2.02. The van der Waals surface area contributed by atoms with Crippen LogP contribution in [-0.2, 0) is 0 Å². The van der Waals surface area contributed by atoms with Crippen molar-refractivity contribution in [3.05, 3.63) is 63.7 Å². The molecule has 0 aliphatic rings. The molecule has 0 atom stereocenters. The van der Waals surface area contributed by atoms with Gasteiger partial charge in [0.05, 0.1) is 16.6 Å². The van der Waals surface area contributed by atoms with E-state index in [0.29, 0.717) is 0 Å². The monoisotopic (exact) mass is 294 g/mol. The van der Waals surface area contributed by atoms with E-state index in [1.165, 1.54) is 6.07 Å². The quantitative estimate of drug-likeness (QED) is 0.666. The molecule has 0 saturated heterocycles. The minimum atomic E-state index is -1.42. The molecule has 0 heterocycles. The molecule has 0 aliphatic carbocycles. The maximum atomic E-state index is 13.5. The number of nitro benzene ring substituents is 1. The average molecular weight is 294 g/mol. The molecule has 6 nitrogen and oxygen atoms in total. The van der Waals surface area contributed by atoms with Gasteiger partial charge in [-0.15, -0.1) is 0 Å². The predicted molar refractivity (Wildman–Crippen MR) is 69.7 cm³/mol. The van der Waals surface area contributed by atoms with Gasteiger partial charge in [-0.3, -0.25) is 10.1 Å². The summed E-state index contributed by atoms with van der Waals surface area (Å²) in [7, 11) is 0. The number of hydrogen-bond donors (Lipinski definition) is 2. The zero-order valence-electron chi connectivity index (χ0n) is 10.3. The molecule has 0 radical (unpaired) electrons. The third kappa shape index (κ3) is 3.11. The van der Waals surface area contributed by atoms with Gasteiger partial charge in [-0.1, -0.05) is 0 Å². The van der Waals surface area contributed by atoms with E-state index in [-0.39, 0.29) is 11.4 Å². The summed E-state index contributed by atoms with van der Waals surface area (Å²) in [6.07, 6.45) is 0. The second-order valence-electron chi connectivity index (χ2n) is 4.04. The number of halogens is 2. The molecule has 0 amide bonds. The lowest BCUT2D eigenvalue weighted by molar-refractivity contribution is -0.384. The number of aromatic carboxylic acids is 1. The smallest absolute Gasteiger partial charge is 0.338 e. The summed E-state index contributed by atoms with van der Waals surface area (Å²) < 4.78 is 26.5. The molecule has 0 bridgehead atoms. The van der Waals surface area contributed by atoms with Crippen LogP contribution in [-0.4, -0.2) is 16.0 Å². The number of rotatable bonds is 4. The number of anilines is 2. The molecule has 0 aromatic heterocycles. The second kappa shape index (κ2) is 5.53. The van der Waals surface area contributed by atoms with Gasteiger partial charge >= 0.3 is 5.97 Å². The van der Waals surface area contributed by atoms with Crippen molar-refractivity contribution in [1.82, 2.24) is 0 Å². The molecule has 2 N–H and O–H groups in total. The maximum absolute atomic E-state index is 13.5. The van der Waals surface area contributed by atoms with Crippen LogP contribution in [0.15, 0.2) is 36.4 Å². The standard InChI is InChI=1S/C13H8F2N2O4/c14-7-1-4-11(12(5-7)17(20)21)16-8-2-3-9(13(18)19)10(15)6-8/h1-6,16H,(H,18,19). The third-order valence-corrected chi connectivity index (χ3v) is 2.63. The molecule has 2 aromatic carbocycles. The van der Waals surface area contributed by atoms with E-state index in [1.54, 1.807) is 0 Å². The molecule has 0 fully saturated rings. The van der Waals surface area contributed by atoms with Crippen molar-refractivity contribution >= 4 is 23.0 Å². The van der Waals surface area contributed by atoms with Crippen LogP contribution in [0.2, 0.25) is 0 Å². The number of carboxylic acids is 1. The summed E-state index contributed by atoms with van der Waals surface area (Å²) >= 11 is 0. The van der Waals surface area contributed by atoms with Crippen LogP contribution in [0, 0.1) is 21.7 Å². The molecular weight excluding hydrogens is 286 g/mol. The Hall–Kier alpha value is -3.03. The van der Waals surface area contributed by atoms with Gasteiger partial charge in [0.1, 0.15) is 17.3 Å². The van der Waals surface area contributed by atoms with Gasteiger partial charge in [-0.2, -0.15) is 0 Å². The zero-order chi connectivity index (χ0) is 15.6. The van der Waals surface area contributed by atoms with Crippen molar-refractivity contribution in [2.24, 2.45) is 0 Å². The van der Waals surface area contributed by atoms with E-state index >= 15 is 0 Å². The van der Waals surface area contributed by atoms with Crippen molar-refractivity contribution in [2.45, 2.75) is 0 Å². The van der Waals surface area contributed by atoms with Crippen LogP contribution in [0.4, 0.5) is 25.8 Å². The Morgan fingerprint density at radius 1 is 1.19 bits per heavy atom. The minimum Gasteiger partial charge on any atom is -0.478 e. The zero-order valence-corrected chi connectivity index (χ0v) is 10.3. The summed E-state index contributed by atoms with van der Waals surface area (Å²) in [6.45, 7) is 0. The fraction of sp³-hybridized carbons (Fsp3) is 0. The Morgan fingerprint density at radius 2 is 1.90 bits per heavy atom. The number of nitro groups is 1. The van der Waals surface area contributed by atoms with Gasteiger partial charge in [0.25, 0.3) is 5.69 Å². The topological polar surface area (TPSA) is 92.5 Å². The molecule has 108 valence electrons. The van der Waals surface area contributed by atoms with E-state index in [0.717, 1.165) is 30.3 Å². The van der Waals surface area contributed by atoms with Crippen molar-refractivity contribution < 1.29 is 23.6 Å². The highest BCUT2D eigenvalue weighted by molar-refractivity contribution is 5.88. The number of hydrogen-bond acceptors (Lipinski definition) is 4. The summed E-state index contributed by atoms with van der Waals surface area (Å²) in [5.74, 6) is -3.19. The molecule has 0 saturated carbocycles. The lowest BCUT2D eigenvalue weighted by Gasteiger charge is -2.08. The van der Waals surface area contributed by atoms with Crippen LogP contribution >= 0.6 is 0 Å². The summed E-state index contributed by atoms with van der Waals surface area (Å²) in [5, 5.41) is 22.1. The minimum absolute atomic E-state index is 0.0381. The van der Waals surface area contributed by atoms with Crippen molar-refractivity contribution in [3.8, 4) is 0 Å². The molecule has 21 heavy (non-hydrogen) atoms. The Morgan fingerprint density at radius 3 is 2.48 bits per heavy atom. The van der Waals surface area contributed by atoms with Crippen LogP contribution in [0.3, 0.4) is 0 Å². The van der Waals surface area contributed by atoms with Crippen LogP contribution in [0.25, 0.3) is 0 Å². The van der Waals surface area contributed by atoms with Gasteiger partial charge in [0, 0.05) is 5.69 Å². The second-order valence-corrected chi connectivity index (χ2v) is 4.04. The summed E-state index contributed by atoms with van der Waals surface area (Å²) in [5.41, 5.74) is -0.969. The first-order valence-corrected chi connectivity index (χ1v) is 5.62. The lowest BCUT2D eigenvalue weighted by atomic mass is 10.2. The highest BCUT2D eigenvalue weighted by Crippen LogP contribution is 2.28. The SMILES string of the molecule is O=C(O)c1ccc(Nc2ccc(F)cc2[N+](=O)[O-])cc1F. The van der Waals surface area contributed by atoms with Gasteiger partial charge in [0.2, 0.25) is 0 Å². The Kier molecular flexibility index (Phi) is 3.79. The number of benzene rings is 2. The average Bonchev–Trinajstić information content (AvgIpc) is 2.40. The van der Waals surface area contributed by atoms with Gasteiger partial charge < -0.3 is 10.4 Å². The number of carbonyl (C=O) groups is 1. The maximum Gasteiger partial charge on any atom is 0.338 e. The Balaban J connectivity index is 2.37. The van der Waals surface area contributed by atoms with Crippen LogP contribution in [0.5, 0.6) is 0 Å². The van der Waals surface area contributed by atoms with Crippen molar-refractivity contribution in [1.29, 1.82) is 0 Å². The van der Waals surface area contributed by atoms with Crippen molar-refractivity contribution in [3.63, 3.8) is 0 Å². The molecular formula is C13H8F2N2O4. The Bertz CT molecular complexity index is 734. The predicted octanol–water partition coefficient (Wildman–Crippen LogP) is 3.31. The van der Waals surface area contributed by atoms with Gasteiger partial charge in [-0.05, 0) is 30.3 Å². The first-order valence-electron chi connectivity index (χ1n) is 5.62. The van der Waals surface area contributed by atoms with E-state index in [2.05, 4.69) is 5.32 Å². The van der Waals surface area contributed by atoms with Gasteiger partial charge in [0.15, 0.2) is 0 Å². The number of nitrogens with one attached hydrogen (secondary N) is 1. The van der Waals surface area contributed by atoms with Crippen LogP contribution < -0.4 is 5.32 Å². The fourth-order valence-electron chi connectivity index (χ4n) is 1.68. The fourth-order valence-corrected chi connectivity index (χ4v) is 1.68. The van der Waals surface area contributed by atoms with E-state index in [4.69, 9.17) is 5.11 Å². The molecule has 2 rings (SSSR count). The summed E-state index contributed by atoms with van der Waals surface area (Å²) in [6, 6.07) is 6.03. The first kappa shape index (κ1) is 14.4. The van der Waals surface area contributed by atoms with Gasteiger partial charge in [-0.25, -0.2) is 13.6 Å². The van der Waals surface area contributed by atoms with E-state index in [1.807, 2.05) is 0 Å². The first-order chi connectivity index (χ1) is 9.88. The van der Waals surface area contributed by atoms with E-state index < -0.39 is 33.8 Å². The number of nitrogens with zero attached hydrogens (tertiary/aromatic N) is 1. The summed E-state index contributed by atoms with van der Waals surface area (Å²) in [4.78, 5) is 20.7. The molecule has 0 spiro atoms. The number of carboxylic acid groups (broad SMARTS) is 1. The van der Waals surface area contributed by atoms with Crippen molar-refractivity contribution in [2.75, 3.05) is 5.32 Å². The normalized spacial score (nSPS) is 10.2. The molecule has 8 heteroatoms. The molecule has 0 aliphatic heterocycles. The highest BCUT2D eigenvalue weighted by Gasteiger charge is 2.16. The largest absolute Gasteiger partial charge is 0.478 e. The molecule has 0 unspecified atom stereocenters. The molecule has 2 aromatic rings. The Labute approximate surface area is 116 Å². The van der Waals surface area contributed by atoms with E-state index in [9.17, 15) is 23.7 Å². The third-order valence-electron chi connectivity index (χ3n) is 2.63. The van der Waals surface area contributed by atoms with Crippen LogP contribution in [0.1, 0.15) is 10.4 Å².